The predicted octanol–water partition coefficient (Wildman–Crippen LogP) is 0.188. The van der Waals surface area contributed by atoms with E-state index >= 15 is 0 Å². The largest absolute Gasteiger partial charge is 0.478 e. The summed E-state index contributed by atoms with van der Waals surface area (Å²) in [4.78, 5) is 20.2. The Labute approximate surface area is 74.7 Å². The van der Waals surface area contributed by atoms with Crippen molar-refractivity contribution < 1.29 is 36.5 Å². The number of hydrogen-bond acceptors (Lipinski definition) is 3. The van der Waals surface area contributed by atoms with Crippen molar-refractivity contribution in [2.75, 3.05) is 6.61 Å². The van der Waals surface area contributed by atoms with Crippen LogP contribution in [-0.2, 0) is 31.4 Å². The molecule has 1 radical (unpaired) electrons. The quantitative estimate of drug-likeness (QED) is 0.400. The maximum Gasteiger partial charge on any atom is 0.330 e. The molecular formula is C6H8MnO4. The van der Waals surface area contributed by atoms with Gasteiger partial charge in [0.05, 0.1) is 6.61 Å². The minimum Gasteiger partial charge on any atom is -0.478 e. The molecule has 5 heteroatoms. The first kappa shape index (κ1) is 12.8. The van der Waals surface area contributed by atoms with Gasteiger partial charge >= 0.3 is 11.9 Å². The first-order valence-electron chi connectivity index (χ1n) is 2.74. The second kappa shape index (κ2) is 7.31. The zero-order valence-corrected chi connectivity index (χ0v) is 7.09. The Hall–Kier alpha value is -0.801. The van der Waals surface area contributed by atoms with Crippen molar-refractivity contribution in [3.63, 3.8) is 0 Å². The molecule has 0 saturated carbocycles. The molecule has 0 heterocycles. The molecule has 0 bridgehead atoms. The summed E-state index contributed by atoms with van der Waals surface area (Å²) in [5, 5.41) is 8.04. The summed E-state index contributed by atoms with van der Waals surface area (Å²) in [5.74, 6) is -1.79. The van der Waals surface area contributed by atoms with E-state index in [9.17, 15) is 9.59 Å². The molecule has 0 fully saturated rings. The number of carboxylic acids is 1. The van der Waals surface area contributed by atoms with E-state index in [1.54, 1.807) is 6.92 Å². The fourth-order valence-corrected chi connectivity index (χ4v) is 0.330. The third-order valence-electron chi connectivity index (χ3n) is 0.649. The van der Waals surface area contributed by atoms with Crippen molar-refractivity contribution in [1.82, 2.24) is 0 Å². The predicted molar refractivity (Wildman–Crippen MR) is 33.4 cm³/mol. The van der Waals surface area contributed by atoms with Gasteiger partial charge in [-0.2, -0.15) is 0 Å². The second-order valence-electron chi connectivity index (χ2n) is 1.42. The van der Waals surface area contributed by atoms with Crippen LogP contribution in [0, 0.1) is 0 Å². The van der Waals surface area contributed by atoms with E-state index in [1.807, 2.05) is 0 Å². The van der Waals surface area contributed by atoms with Gasteiger partial charge in [-0.1, -0.05) is 0 Å². The molecule has 0 rings (SSSR count). The van der Waals surface area contributed by atoms with E-state index in [-0.39, 0.29) is 23.7 Å². The maximum atomic E-state index is 10.4. The molecule has 11 heavy (non-hydrogen) atoms. The van der Waals surface area contributed by atoms with E-state index in [0.717, 1.165) is 12.2 Å². The summed E-state index contributed by atoms with van der Waals surface area (Å²) in [6.07, 6.45) is 1.60. The molecule has 0 aromatic heterocycles. The van der Waals surface area contributed by atoms with Crippen molar-refractivity contribution in [2.24, 2.45) is 0 Å². The fourth-order valence-electron chi connectivity index (χ4n) is 0.330. The molecule has 0 spiro atoms. The van der Waals surface area contributed by atoms with Crippen LogP contribution in [0.4, 0.5) is 0 Å². The Morgan fingerprint density at radius 2 is 2.00 bits per heavy atom. The first-order chi connectivity index (χ1) is 4.66. The van der Waals surface area contributed by atoms with Crippen LogP contribution in [0.25, 0.3) is 0 Å². The number of carbonyl (C=O) groups is 2. The number of carbonyl (C=O) groups excluding carboxylic acids is 1. The molecule has 0 aliphatic heterocycles. The molecule has 1 N–H and O–H groups in total. The number of hydrogen-bond donors (Lipinski definition) is 1. The van der Waals surface area contributed by atoms with Gasteiger partial charge in [0.1, 0.15) is 0 Å². The van der Waals surface area contributed by atoms with Crippen LogP contribution >= 0.6 is 0 Å². The molecular weight excluding hydrogens is 191 g/mol. The van der Waals surface area contributed by atoms with Gasteiger partial charge in [-0.25, -0.2) is 9.59 Å². The molecule has 0 aromatic carbocycles. The van der Waals surface area contributed by atoms with E-state index in [0.29, 0.717) is 0 Å². The first-order valence-corrected chi connectivity index (χ1v) is 2.74. The second-order valence-corrected chi connectivity index (χ2v) is 1.42. The number of carboxylic acid groups (broad SMARTS) is 1. The van der Waals surface area contributed by atoms with Gasteiger partial charge in [0, 0.05) is 29.2 Å². The Bertz CT molecular complexity index is 164. The number of aliphatic carboxylic acids is 1. The molecule has 0 aliphatic carbocycles. The van der Waals surface area contributed by atoms with Gasteiger partial charge in [-0.15, -0.1) is 0 Å². The fraction of sp³-hybridized carbons (Fsp3) is 0.333. The number of esters is 1. The van der Waals surface area contributed by atoms with E-state index in [1.165, 1.54) is 0 Å². The third-order valence-corrected chi connectivity index (χ3v) is 0.649. The van der Waals surface area contributed by atoms with Crippen LogP contribution in [0.2, 0.25) is 0 Å². The van der Waals surface area contributed by atoms with Gasteiger partial charge in [0.2, 0.25) is 0 Å². The normalized spacial score (nSPS) is 8.82. The van der Waals surface area contributed by atoms with Crippen LogP contribution < -0.4 is 0 Å². The average Bonchev–Trinajstić information content (AvgIpc) is 1.85. The zero-order valence-electron chi connectivity index (χ0n) is 5.91. The van der Waals surface area contributed by atoms with Gasteiger partial charge in [-0.3, -0.25) is 0 Å². The SMILES string of the molecule is CCOC(=O)/C=C/C(=O)O.[Mn]. The van der Waals surface area contributed by atoms with Crippen molar-refractivity contribution in [3.8, 4) is 0 Å². The molecule has 0 atom stereocenters. The summed E-state index contributed by atoms with van der Waals surface area (Å²) in [5.41, 5.74) is 0. The topological polar surface area (TPSA) is 63.6 Å². The Morgan fingerprint density at radius 3 is 2.36 bits per heavy atom. The van der Waals surface area contributed by atoms with Gasteiger partial charge in [0.25, 0.3) is 0 Å². The zero-order chi connectivity index (χ0) is 7.98. The van der Waals surface area contributed by atoms with E-state index in [2.05, 4.69) is 4.74 Å². The standard InChI is InChI=1S/C6H8O4.Mn/c1-2-10-6(9)4-3-5(7)8;/h3-4H,2H2,1H3,(H,7,8);/b4-3+;. The molecule has 0 saturated heterocycles. The Morgan fingerprint density at radius 1 is 1.45 bits per heavy atom. The Kier molecular flexibility index (Phi) is 8.53. The smallest absolute Gasteiger partial charge is 0.330 e. The van der Waals surface area contributed by atoms with Crippen LogP contribution in [0.15, 0.2) is 12.2 Å². The van der Waals surface area contributed by atoms with E-state index in [4.69, 9.17) is 5.11 Å². The molecule has 0 aromatic rings. The summed E-state index contributed by atoms with van der Waals surface area (Å²) in [7, 11) is 0. The Balaban J connectivity index is 0. The van der Waals surface area contributed by atoms with Gasteiger partial charge in [0.15, 0.2) is 0 Å². The minimum atomic E-state index is -1.16. The molecule has 0 unspecified atom stereocenters. The van der Waals surface area contributed by atoms with Crippen molar-refractivity contribution in [1.29, 1.82) is 0 Å². The summed E-state index contributed by atoms with van der Waals surface area (Å²) in [6.45, 7) is 1.90. The molecule has 0 amide bonds. The van der Waals surface area contributed by atoms with Crippen LogP contribution in [0.1, 0.15) is 6.92 Å². The van der Waals surface area contributed by atoms with Crippen molar-refractivity contribution in [2.45, 2.75) is 6.92 Å². The van der Waals surface area contributed by atoms with Crippen LogP contribution in [0.3, 0.4) is 0 Å². The molecule has 63 valence electrons. The third kappa shape index (κ3) is 9.20. The monoisotopic (exact) mass is 199 g/mol. The van der Waals surface area contributed by atoms with Crippen molar-refractivity contribution >= 4 is 11.9 Å². The van der Waals surface area contributed by atoms with Crippen LogP contribution in [0.5, 0.6) is 0 Å². The van der Waals surface area contributed by atoms with E-state index < -0.39 is 11.9 Å². The maximum absolute atomic E-state index is 10.4. The summed E-state index contributed by atoms with van der Waals surface area (Å²) >= 11 is 0. The average molecular weight is 199 g/mol. The van der Waals surface area contributed by atoms with Crippen molar-refractivity contribution in [3.05, 3.63) is 12.2 Å². The summed E-state index contributed by atoms with van der Waals surface area (Å²) in [6, 6.07) is 0. The number of ether oxygens (including phenoxy) is 1. The molecule has 0 aliphatic rings. The molecule has 4 nitrogen and oxygen atoms in total. The van der Waals surface area contributed by atoms with Gasteiger partial charge in [-0.05, 0) is 6.92 Å². The van der Waals surface area contributed by atoms with Crippen LogP contribution in [-0.4, -0.2) is 23.7 Å². The van der Waals surface area contributed by atoms with Gasteiger partial charge < -0.3 is 9.84 Å². The number of rotatable bonds is 3. The summed E-state index contributed by atoms with van der Waals surface area (Å²) < 4.78 is 4.40. The minimum absolute atomic E-state index is 0.